The molecule has 0 unspecified atom stereocenters. The summed E-state index contributed by atoms with van der Waals surface area (Å²) in [5.74, 6) is -0.688. The number of cyclic esters (lactones) is 1. The van der Waals surface area contributed by atoms with Gasteiger partial charge in [-0.25, -0.2) is 14.2 Å². The van der Waals surface area contributed by atoms with E-state index in [2.05, 4.69) is 25.7 Å². The van der Waals surface area contributed by atoms with Crippen LogP contribution in [0.15, 0.2) is 58.2 Å². The number of nitrogens with one attached hydrogen (secondary N) is 1. The molecule has 2 aliphatic heterocycles. The van der Waals surface area contributed by atoms with Gasteiger partial charge >= 0.3 is 6.09 Å². The van der Waals surface area contributed by atoms with Gasteiger partial charge in [0.1, 0.15) is 29.8 Å². The predicted octanol–water partition coefficient (Wildman–Crippen LogP) is 3.41. The number of pyridine rings is 1. The zero-order chi connectivity index (χ0) is 22.2. The van der Waals surface area contributed by atoms with Crippen LogP contribution in [0.5, 0.6) is 0 Å². The van der Waals surface area contributed by atoms with Gasteiger partial charge in [0.15, 0.2) is 0 Å². The normalized spacial score (nSPS) is 17.2. The van der Waals surface area contributed by atoms with Crippen molar-refractivity contribution >= 4 is 29.0 Å². The zero-order valence-corrected chi connectivity index (χ0v) is 17.0. The van der Waals surface area contributed by atoms with E-state index < -0.39 is 18.0 Å². The SMILES string of the molecule is C.CC(=O)NC[C@H]1CN(c2ccc(-c3ccn4c(C5=NN=NC5)cnc4c3)c(F)c2)C(=O)O1. The number of halogens is 1. The van der Waals surface area contributed by atoms with E-state index in [-0.39, 0.29) is 26.4 Å². The summed E-state index contributed by atoms with van der Waals surface area (Å²) in [5, 5.41) is 14.1. The van der Waals surface area contributed by atoms with Gasteiger partial charge in [-0.2, -0.15) is 5.11 Å². The van der Waals surface area contributed by atoms with Gasteiger partial charge in [0.25, 0.3) is 0 Å². The van der Waals surface area contributed by atoms with Crippen LogP contribution in [-0.4, -0.2) is 52.8 Å². The first-order valence-corrected chi connectivity index (χ1v) is 9.93. The van der Waals surface area contributed by atoms with Gasteiger partial charge in [0, 0.05) is 18.7 Å². The number of hydrogen-bond donors (Lipinski definition) is 1. The molecule has 10 nitrogen and oxygen atoms in total. The molecule has 1 N–H and O–H groups in total. The van der Waals surface area contributed by atoms with Gasteiger partial charge in [0.05, 0.1) is 30.7 Å². The maximum atomic E-state index is 15.0. The van der Waals surface area contributed by atoms with Crippen molar-refractivity contribution in [2.45, 2.75) is 20.5 Å². The average Bonchev–Trinajstić information content (AvgIpc) is 3.51. The molecule has 2 amide bonds. The lowest BCUT2D eigenvalue weighted by Crippen LogP contribution is -2.33. The van der Waals surface area contributed by atoms with Gasteiger partial charge in [-0.1, -0.05) is 7.43 Å². The second-order valence-electron chi connectivity index (χ2n) is 7.44. The Labute approximate surface area is 188 Å². The Kier molecular flexibility index (Phi) is 5.86. The predicted molar refractivity (Wildman–Crippen MR) is 120 cm³/mol. The minimum atomic E-state index is -0.577. The Balaban J connectivity index is 0.00000259. The van der Waals surface area contributed by atoms with Gasteiger partial charge in [-0.05, 0) is 41.1 Å². The third-order valence-electron chi connectivity index (χ3n) is 5.29. The summed E-state index contributed by atoms with van der Waals surface area (Å²) in [6.07, 6.45) is 2.42. The number of fused-ring (bicyclic) bond motifs is 1. The van der Waals surface area contributed by atoms with Crippen molar-refractivity contribution in [3.63, 3.8) is 0 Å². The van der Waals surface area contributed by atoms with E-state index in [4.69, 9.17) is 4.74 Å². The Morgan fingerprint density at radius 2 is 2.15 bits per heavy atom. The monoisotopic (exact) mass is 451 g/mol. The molecule has 0 spiro atoms. The molecule has 2 aromatic heterocycles. The lowest BCUT2D eigenvalue weighted by atomic mass is 10.1. The third-order valence-corrected chi connectivity index (χ3v) is 5.29. The highest BCUT2D eigenvalue weighted by Crippen LogP contribution is 2.30. The molecule has 1 atom stereocenters. The van der Waals surface area contributed by atoms with Crippen molar-refractivity contribution in [2.75, 3.05) is 24.5 Å². The van der Waals surface area contributed by atoms with E-state index in [1.165, 1.54) is 17.9 Å². The molecule has 0 saturated carbocycles. The van der Waals surface area contributed by atoms with Crippen LogP contribution < -0.4 is 10.2 Å². The lowest BCUT2D eigenvalue weighted by molar-refractivity contribution is -0.119. The number of ether oxygens (including phenoxy) is 1. The molecular formula is C22H22FN7O3. The first kappa shape index (κ1) is 22.1. The van der Waals surface area contributed by atoms with Crippen molar-refractivity contribution in [3.8, 4) is 11.1 Å². The number of nitrogens with zero attached hydrogens (tertiary/aromatic N) is 6. The average molecular weight is 451 g/mol. The zero-order valence-electron chi connectivity index (χ0n) is 17.0. The first-order chi connectivity index (χ1) is 15.5. The van der Waals surface area contributed by atoms with Crippen LogP contribution in [-0.2, 0) is 9.53 Å². The number of imidazole rings is 1. The molecule has 3 aromatic rings. The molecule has 0 bridgehead atoms. The summed E-state index contributed by atoms with van der Waals surface area (Å²) < 4.78 is 22.1. The summed E-state index contributed by atoms with van der Waals surface area (Å²) in [5.41, 5.74) is 3.56. The van der Waals surface area contributed by atoms with Crippen molar-refractivity contribution in [2.24, 2.45) is 15.4 Å². The number of aromatic nitrogens is 2. The molecule has 11 heteroatoms. The van der Waals surface area contributed by atoms with E-state index in [0.717, 1.165) is 11.4 Å². The Morgan fingerprint density at radius 1 is 1.30 bits per heavy atom. The van der Waals surface area contributed by atoms with Crippen molar-refractivity contribution in [1.29, 1.82) is 0 Å². The highest BCUT2D eigenvalue weighted by molar-refractivity contribution is 6.01. The number of hydrogen-bond acceptors (Lipinski definition) is 7. The molecular weight excluding hydrogens is 429 g/mol. The Morgan fingerprint density at radius 3 is 2.88 bits per heavy atom. The number of benzene rings is 1. The molecule has 1 aromatic carbocycles. The second kappa shape index (κ2) is 8.77. The number of carbonyl (C=O) groups excluding carboxylic acids is 2. The van der Waals surface area contributed by atoms with E-state index >= 15 is 4.39 Å². The summed E-state index contributed by atoms with van der Waals surface area (Å²) in [6.45, 7) is 2.22. The summed E-state index contributed by atoms with van der Waals surface area (Å²) in [4.78, 5) is 29.0. The summed E-state index contributed by atoms with van der Waals surface area (Å²) in [7, 11) is 0. The Hall–Kier alpha value is -4.15. The van der Waals surface area contributed by atoms with Crippen molar-refractivity contribution in [1.82, 2.24) is 14.7 Å². The van der Waals surface area contributed by atoms with Crippen LogP contribution in [0.3, 0.4) is 0 Å². The van der Waals surface area contributed by atoms with E-state index in [1.807, 2.05) is 4.40 Å². The number of amides is 2. The highest BCUT2D eigenvalue weighted by atomic mass is 19.1. The maximum Gasteiger partial charge on any atom is 0.414 e. The minimum absolute atomic E-state index is 0. The molecule has 170 valence electrons. The Bertz CT molecular complexity index is 1300. The molecule has 0 aliphatic carbocycles. The topological polar surface area (TPSA) is 113 Å². The largest absolute Gasteiger partial charge is 0.442 e. The highest BCUT2D eigenvalue weighted by Gasteiger charge is 2.32. The number of anilines is 1. The first-order valence-electron chi connectivity index (χ1n) is 9.93. The van der Waals surface area contributed by atoms with Crippen LogP contribution in [0.2, 0.25) is 0 Å². The van der Waals surface area contributed by atoms with Gasteiger partial charge in [0.2, 0.25) is 5.91 Å². The molecule has 2 aliphatic rings. The minimum Gasteiger partial charge on any atom is -0.442 e. The van der Waals surface area contributed by atoms with Crippen LogP contribution >= 0.6 is 0 Å². The quantitative estimate of drug-likeness (QED) is 0.640. The van der Waals surface area contributed by atoms with E-state index in [0.29, 0.717) is 29.0 Å². The van der Waals surface area contributed by atoms with Gasteiger partial charge in [-0.15, -0.1) is 5.10 Å². The summed E-state index contributed by atoms with van der Waals surface area (Å²) in [6, 6.07) is 8.15. The fraction of sp³-hybridized carbons (Fsp3) is 0.273. The third kappa shape index (κ3) is 4.16. The fourth-order valence-electron chi connectivity index (χ4n) is 3.71. The second-order valence-corrected chi connectivity index (χ2v) is 7.44. The van der Waals surface area contributed by atoms with Crippen LogP contribution in [0.4, 0.5) is 14.9 Å². The van der Waals surface area contributed by atoms with Gasteiger partial charge in [-0.3, -0.25) is 14.1 Å². The van der Waals surface area contributed by atoms with Gasteiger partial charge < -0.3 is 10.1 Å². The molecule has 0 radical (unpaired) electrons. The fourth-order valence-corrected chi connectivity index (χ4v) is 3.71. The summed E-state index contributed by atoms with van der Waals surface area (Å²) >= 11 is 0. The maximum absolute atomic E-state index is 15.0. The molecule has 5 rings (SSSR count). The van der Waals surface area contributed by atoms with Crippen LogP contribution in [0.25, 0.3) is 16.8 Å². The van der Waals surface area contributed by atoms with Crippen LogP contribution in [0, 0.1) is 5.82 Å². The smallest absolute Gasteiger partial charge is 0.414 e. The standard InChI is InChI=1S/C21H18FN7O3.CH4/c1-12(30)23-8-15-11-29(21(31)32-15)14-2-3-16(17(22)7-14)13-4-5-28-19(10-24-20(28)6-13)18-9-25-27-26-18;/h2-7,10,15H,8-9,11H2,1H3,(H,23,30);1H4/t15-;/m0./s1. The number of carbonyl (C=O) groups is 2. The molecule has 1 fully saturated rings. The van der Waals surface area contributed by atoms with Crippen molar-refractivity contribution in [3.05, 3.63) is 54.2 Å². The van der Waals surface area contributed by atoms with Crippen molar-refractivity contribution < 1.29 is 18.7 Å². The molecule has 33 heavy (non-hydrogen) atoms. The van der Waals surface area contributed by atoms with E-state index in [1.54, 1.807) is 36.7 Å². The van der Waals surface area contributed by atoms with Crippen LogP contribution in [0.1, 0.15) is 20.0 Å². The number of rotatable bonds is 5. The molecule has 4 heterocycles. The molecule has 1 saturated heterocycles. The lowest BCUT2D eigenvalue weighted by Gasteiger charge is -2.14. The van der Waals surface area contributed by atoms with E-state index in [9.17, 15) is 9.59 Å².